The predicted molar refractivity (Wildman–Crippen MR) is 96.8 cm³/mol. The topological polar surface area (TPSA) is 50.4 Å². The molecular weight excluding hydrogens is 324 g/mol. The van der Waals surface area contributed by atoms with E-state index in [0.717, 1.165) is 36.3 Å². The van der Waals surface area contributed by atoms with Crippen LogP contribution in [-0.2, 0) is 17.8 Å². The van der Waals surface area contributed by atoms with Gasteiger partial charge in [-0.2, -0.15) is 0 Å². The third kappa shape index (κ3) is 3.71. The van der Waals surface area contributed by atoms with Gasteiger partial charge in [0.2, 0.25) is 0 Å². The van der Waals surface area contributed by atoms with Crippen LogP contribution in [0.1, 0.15) is 23.6 Å². The van der Waals surface area contributed by atoms with Crippen molar-refractivity contribution in [3.63, 3.8) is 0 Å². The monoisotopic (exact) mass is 344 g/mol. The molecule has 0 aliphatic carbocycles. The van der Waals surface area contributed by atoms with Crippen LogP contribution in [0, 0.1) is 6.92 Å². The first-order valence-corrected chi connectivity index (χ1v) is 8.47. The lowest BCUT2D eigenvalue weighted by Crippen LogP contribution is -2.32. The zero-order valence-corrected chi connectivity index (χ0v) is 14.6. The second-order valence-corrected chi connectivity index (χ2v) is 6.44. The van der Waals surface area contributed by atoms with Crippen molar-refractivity contribution in [2.75, 3.05) is 11.9 Å². The van der Waals surface area contributed by atoms with Gasteiger partial charge in [-0.3, -0.25) is 4.79 Å². The summed E-state index contributed by atoms with van der Waals surface area (Å²) in [5.74, 6) is 0.470. The minimum absolute atomic E-state index is 0.165. The summed E-state index contributed by atoms with van der Waals surface area (Å²) in [6.45, 7) is 5.40. The highest BCUT2D eigenvalue weighted by molar-refractivity contribution is 6.31. The zero-order chi connectivity index (χ0) is 17.1. The van der Waals surface area contributed by atoms with E-state index < -0.39 is 6.10 Å². The Morgan fingerprint density at radius 3 is 2.96 bits per heavy atom. The number of amides is 1. The Morgan fingerprint density at radius 1 is 1.33 bits per heavy atom. The maximum Gasteiger partial charge on any atom is 0.265 e. The molecule has 1 atom stereocenters. The van der Waals surface area contributed by atoms with Crippen LogP contribution in [0.15, 0.2) is 36.4 Å². The summed E-state index contributed by atoms with van der Waals surface area (Å²) in [4.78, 5) is 12.5. The van der Waals surface area contributed by atoms with Crippen LogP contribution in [0.4, 0.5) is 5.69 Å². The average Bonchev–Trinajstić information content (AvgIpc) is 2.58. The number of aryl methyl sites for hydroxylation is 1. The van der Waals surface area contributed by atoms with Crippen LogP contribution in [0.2, 0.25) is 5.02 Å². The molecule has 3 rings (SSSR count). The van der Waals surface area contributed by atoms with E-state index in [-0.39, 0.29) is 5.91 Å². The molecule has 2 N–H and O–H groups in total. The summed E-state index contributed by atoms with van der Waals surface area (Å²) in [5, 5.41) is 7.01. The van der Waals surface area contributed by atoms with E-state index in [0.29, 0.717) is 10.8 Å². The van der Waals surface area contributed by atoms with Gasteiger partial charge < -0.3 is 15.4 Å². The van der Waals surface area contributed by atoms with E-state index in [1.807, 2.05) is 25.1 Å². The highest BCUT2D eigenvalue weighted by Crippen LogP contribution is 2.24. The van der Waals surface area contributed by atoms with Crippen LogP contribution in [-0.4, -0.2) is 18.6 Å². The molecule has 1 aliphatic heterocycles. The number of hydrogen-bond acceptors (Lipinski definition) is 3. The Bertz CT molecular complexity index is 761. The fraction of sp³-hybridized carbons (Fsp3) is 0.316. The van der Waals surface area contributed by atoms with Crippen molar-refractivity contribution >= 4 is 23.2 Å². The third-order valence-corrected chi connectivity index (χ3v) is 4.64. The molecule has 1 unspecified atom stereocenters. The Morgan fingerprint density at radius 2 is 2.17 bits per heavy atom. The summed E-state index contributed by atoms with van der Waals surface area (Å²) < 4.78 is 5.74. The second-order valence-electron chi connectivity index (χ2n) is 6.03. The molecule has 1 aliphatic rings. The molecule has 0 saturated carbocycles. The molecule has 0 bridgehead atoms. The number of halogens is 1. The molecule has 2 aromatic rings. The van der Waals surface area contributed by atoms with Crippen molar-refractivity contribution < 1.29 is 9.53 Å². The lowest BCUT2D eigenvalue weighted by Gasteiger charge is -2.22. The van der Waals surface area contributed by atoms with Gasteiger partial charge in [-0.1, -0.05) is 23.7 Å². The minimum Gasteiger partial charge on any atom is -0.481 e. The van der Waals surface area contributed by atoms with Gasteiger partial charge >= 0.3 is 0 Å². The number of benzene rings is 2. The van der Waals surface area contributed by atoms with Crippen molar-refractivity contribution in [3.8, 4) is 5.75 Å². The van der Waals surface area contributed by atoms with Crippen molar-refractivity contribution in [1.29, 1.82) is 0 Å². The lowest BCUT2D eigenvalue weighted by molar-refractivity contribution is -0.122. The SMILES string of the molecule is Cc1cc(OC(C)C(=O)Nc2cccc3c2CNCC3)ccc1Cl. The highest BCUT2D eigenvalue weighted by Gasteiger charge is 2.19. The van der Waals surface area contributed by atoms with Crippen LogP contribution in [0.5, 0.6) is 5.75 Å². The maximum atomic E-state index is 12.5. The van der Waals surface area contributed by atoms with Gasteiger partial charge in [0.05, 0.1) is 0 Å². The molecule has 0 aromatic heterocycles. The van der Waals surface area contributed by atoms with Crippen molar-refractivity contribution in [2.45, 2.75) is 32.9 Å². The van der Waals surface area contributed by atoms with Gasteiger partial charge in [0.1, 0.15) is 5.75 Å². The van der Waals surface area contributed by atoms with Gasteiger partial charge in [0.25, 0.3) is 5.91 Å². The first-order valence-electron chi connectivity index (χ1n) is 8.10. The van der Waals surface area contributed by atoms with Gasteiger partial charge in [0.15, 0.2) is 6.10 Å². The Labute approximate surface area is 147 Å². The number of fused-ring (bicyclic) bond motifs is 1. The quantitative estimate of drug-likeness (QED) is 0.889. The van der Waals surface area contributed by atoms with Gasteiger partial charge in [0, 0.05) is 17.3 Å². The highest BCUT2D eigenvalue weighted by atomic mass is 35.5. The van der Waals surface area contributed by atoms with Crippen LogP contribution >= 0.6 is 11.6 Å². The molecule has 24 heavy (non-hydrogen) atoms. The first kappa shape index (κ1) is 16.8. The lowest BCUT2D eigenvalue weighted by atomic mass is 9.99. The number of anilines is 1. The number of hydrogen-bond donors (Lipinski definition) is 2. The van der Waals surface area contributed by atoms with Crippen LogP contribution in [0.25, 0.3) is 0 Å². The van der Waals surface area contributed by atoms with Crippen LogP contribution in [0.3, 0.4) is 0 Å². The molecular formula is C19H21ClN2O2. The molecule has 0 saturated heterocycles. The summed E-state index contributed by atoms with van der Waals surface area (Å²) in [5.41, 5.74) is 4.22. The number of nitrogens with one attached hydrogen (secondary N) is 2. The van der Waals surface area contributed by atoms with Crippen molar-refractivity contribution in [2.24, 2.45) is 0 Å². The van der Waals surface area contributed by atoms with E-state index in [9.17, 15) is 4.79 Å². The number of carbonyl (C=O) groups excluding carboxylic acids is 1. The summed E-state index contributed by atoms with van der Waals surface area (Å²) in [7, 11) is 0. The number of ether oxygens (including phenoxy) is 1. The molecule has 5 heteroatoms. The average molecular weight is 345 g/mol. The smallest absolute Gasteiger partial charge is 0.265 e. The van der Waals surface area contributed by atoms with E-state index in [2.05, 4.69) is 16.7 Å². The second kappa shape index (κ2) is 7.24. The standard InChI is InChI=1S/C19H21ClN2O2/c1-12-10-15(6-7-17(12)20)24-13(2)19(23)22-18-5-3-4-14-8-9-21-11-16(14)18/h3-7,10,13,21H,8-9,11H2,1-2H3,(H,22,23). The molecule has 1 heterocycles. The fourth-order valence-electron chi connectivity index (χ4n) is 2.81. The van der Waals surface area contributed by atoms with Gasteiger partial charge in [-0.05, 0) is 67.8 Å². The molecule has 0 spiro atoms. The number of carbonyl (C=O) groups is 1. The Balaban J connectivity index is 1.69. The molecule has 1 amide bonds. The molecule has 0 fully saturated rings. The normalized spacial score (nSPS) is 14.6. The minimum atomic E-state index is -0.599. The first-order chi connectivity index (χ1) is 11.5. The third-order valence-electron chi connectivity index (χ3n) is 4.22. The maximum absolute atomic E-state index is 12.5. The predicted octanol–water partition coefficient (Wildman–Crippen LogP) is 3.70. The van der Waals surface area contributed by atoms with E-state index in [1.165, 1.54) is 5.56 Å². The zero-order valence-electron chi connectivity index (χ0n) is 13.9. The molecule has 0 radical (unpaired) electrons. The molecule has 126 valence electrons. The summed E-state index contributed by atoms with van der Waals surface area (Å²) in [6.07, 6.45) is 0.382. The largest absolute Gasteiger partial charge is 0.481 e. The summed E-state index contributed by atoms with van der Waals surface area (Å²) >= 11 is 6.01. The molecule has 2 aromatic carbocycles. The fourth-order valence-corrected chi connectivity index (χ4v) is 2.93. The molecule has 4 nitrogen and oxygen atoms in total. The van der Waals surface area contributed by atoms with Crippen LogP contribution < -0.4 is 15.4 Å². The Hall–Kier alpha value is -2.04. The van der Waals surface area contributed by atoms with Gasteiger partial charge in [-0.15, -0.1) is 0 Å². The van der Waals surface area contributed by atoms with E-state index >= 15 is 0 Å². The number of rotatable bonds is 4. The van der Waals surface area contributed by atoms with E-state index in [1.54, 1.807) is 19.1 Å². The van der Waals surface area contributed by atoms with E-state index in [4.69, 9.17) is 16.3 Å². The van der Waals surface area contributed by atoms with Gasteiger partial charge in [-0.25, -0.2) is 0 Å². The van der Waals surface area contributed by atoms with Crippen molar-refractivity contribution in [3.05, 3.63) is 58.1 Å². The van der Waals surface area contributed by atoms with Crippen molar-refractivity contribution in [1.82, 2.24) is 5.32 Å². The Kier molecular flexibility index (Phi) is 5.07. The summed E-state index contributed by atoms with van der Waals surface area (Å²) in [6, 6.07) is 11.4.